The van der Waals surface area contributed by atoms with E-state index in [4.69, 9.17) is 9.97 Å². The molecule has 4 aromatic carbocycles. The summed E-state index contributed by atoms with van der Waals surface area (Å²) in [6.45, 7) is 0. The van der Waals surface area contributed by atoms with Crippen LogP contribution in [-0.2, 0) is 0 Å². The quantitative estimate of drug-likeness (QED) is 0.198. The second-order valence-corrected chi connectivity index (χ2v) is 12.5. The van der Waals surface area contributed by atoms with Crippen LogP contribution in [0.2, 0.25) is 0 Å². The first-order valence-electron chi connectivity index (χ1n) is 16.7. The number of nitrogens with one attached hydrogen (secondary N) is 2. The molecular weight excluding hydrogens is 652 g/mol. The van der Waals surface area contributed by atoms with E-state index >= 15 is 0 Å². The van der Waals surface area contributed by atoms with Crippen LogP contribution in [0.4, 0.5) is 0 Å². The van der Waals surface area contributed by atoms with E-state index < -0.39 is 5.97 Å². The van der Waals surface area contributed by atoms with Gasteiger partial charge in [0.25, 0.3) is 0 Å². The maximum absolute atomic E-state index is 11.6. The van der Waals surface area contributed by atoms with E-state index in [2.05, 4.69) is 82.8 Å². The molecule has 8 bridgehead atoms. The number of carbonyl (C=O) groups excluding carboxylic acids is 1. The number of hydrogen-bond acceptors (Lipinski definition) is 4. The second-order valence-electron chi connectivity index (χ2n) is 12.5. The molecule has 5 heterocycles. The zero-order chi connectivity index (χ0) is 34.3. The molecule has 7 heteroatoms. The number of aromatic amines is 2. The van der Waals surface area contributed by atoms with E-state index in [1.54, 1.807) is 24.3 Å². The smallest absolute Gasteiger partial charge is 0.545 e. The molecule has 7 aromatic rings. The van der Waals surface area contributed by atoms with Crippen molar-refractivity contribution in [3.05, 3.63) is 168 Å². The minimum absolute atomic E-state index is 0. The fourth-order valence-electron chi connectivity index (χ4n) is 7.01. The third kappa shape index (κ3) is 6.03. The molecule has 242 valence electrons. The second kappa shape index (κ2) is 13.9. The molecule has 2 N–H and O–H groups in total. The number of H-pyrrole nitrogens is 2. The van der Waals surface area contributed by atoms with Gasteiger partial charge < -0.3 is 19.9 Å². The van der Waals surface area contributed by atoms with E-state index in [0.717, 1.165) is 89.4 Å². The minimum atomic E-state index is -1.22. The molecular formula is C45H29N4NaO2. The summed E-state index contributed by atoms with van der Waals surface area (Å²) >= 11 is 0. The summed E-state index contributed by atoms with van der Waals surface area (Å²) in [7, 11) is 0. The first-order valence-corrected chi connectivity index (χ1v) is 16.7. The van der Waals surface area contributed by atoms with Crippen molar-refractivity contribution >= 4 is 52.3 Å². The molecule has 0 aliphatic carbocycles. The van der Waals surface area contributed by atoms with Crippen LogP contribution in [0.1, 0.15) is 33.1 Å². The summed E-state index contributed by atoms with van der Waals surface area (Å²) < 4.78 is 0. The summed E-state index contributed by atoms with van der Waals surface area (Å²) in [6.07, 6.45) is 8.24. The van der Waals surface area contributed by atoms with Gasteiger partial charge in [-0.05, 0) is 76.4 Å². The number of carboxylic acids is 1. The van der Waals surface area contributed by atoms with E-state index in [1.165, 1.54) is 0 Å². The molecule has 0 unspecified atom stereocenters. The van der Waals surface area contributed by atoms with Gasteiger partial charge in [0.05, 0.1) is 28.7 Å². The monoisotopic (exact) mass is 680 g/mol. The van der Waals surface area contributed by atoms with Crippen LogP contribution in [-0.4, -0.2) is 25.9 Å². The molecule has 0 atom stereocenters. The Kier molecular flexibility index (Phi) is 8.87. The first-order chi connectivity index (χ1) is 25.1. The molecule has 2 aliphatic heterocycles. The molecule has 6 nitrogen and oxygen atoms in total. The molecule has 2 aliphatic rings. The van der Waals surface area contributed by atoms with Gasteiger partial charge in [0.15, 0.2) is 0 Å². The summed E-state index contributed by atoms with van der Waals surface area (Å²) in [6, 6.07) is 46.0. The number of hydrogen-bond donors (Lipinski definition) is 2. The summed E-state index contributed by atoms with van der Waals surface area (Å²) in [5.74, 6) is -1.22. The Hall–Kier alpha value is -6.05. The van der Waals surface area contributed by atoms with Crippen LogP contribution in [0.5, 0.6) is 0 Å². The zero-order valence-corrected chi connectivity index (χ0v) is 30.3. The number of rotatable bonds is 5. The Morgan fingerprint density at radius 2 is 0.692 bits per heavy atom. The summed E-state index contributed by atoms with van der Waals surface area (Å²) in [4.78, 5) is 29.7. The average Bonchev–Trinajstić information content (AvgIpc) is 4.01. The van der Waals surface area contributed by atoms with Crippen LogP contribution in [0.15, 0.2) is 140 Å². The molecule has 3 aromatic heterocycles. The van der Waals surface area contributed by atoms with Gasteiger partial charge in [0.1, 0.15) is 0 Å². The van der Waals surface area contributed by atoms with Crippen LogP contribution in [0, 0.1) is 0 Å². The fraction of sp³-hybridized carbons (Fsp3) is 0. The molecule has 9 rings (SSSR count). The van der Waals surface area contributed by atoms with Crippen molar-refractivity contribution in [3.8, 4) is 44.5 Å². The predicted octanol–water partition coefficient (Wildman–Crippen LogP) is 6.69. The normalized spacial score (nSPS) is 11.7. The van der Waals surface area contributed by atoms with E-state index in [1.807, 2.05) is 66.7 Å². The van der Waals surface area contributed by atoms with Crippen molar-refractivity contribution in [3.63, 3.8) is 0 Å². The van der Waals surface area contributed by atoms with Crippen molar-refractivity contribution in [2.75, 3.05) is 0 Å². The molecule has 0 amide bonds. The number of benzene rings is 4. The maximum Gasteiger partial charge on any atom is 1.00 e. The van der Waals surface area contributed by atoms with Crippen molar-refractivity contribution in [1.82, 2.24) is 19.9 Å². The Bertz CT molecular complexity index is 2660. The topological polar surface area (TPSA) is 97.5 Å². The largest absolute Gasteiger partial charge is 1.00 e. The van der Waals surface area contributed by atoms with Gasteiger partial charge in [-0.25, -0.2) is 9.97 Å². The molecule has 52 heavy (non-hydrogen) atoms. The van der Waals surface area contributed by atoms with Crippen molar-refractivity contribution in [1.29, 1.82) is 0 Å². The fourth-order valence-corrected chi connectivity index (χ4v) is 7.01. The van der Waals surface area contributed by atoms with E-state index in [9.17, 15) is 9.90 Å². The van der Waals surface area contributed by atoms with Gasteiger partial charge in [-0.15, -0.1) is 0 Å². The molecule has 0 fully saturated rings. The Morgan fingerprint density at radius 1 is 0.404 bits per heavy atom. The van der Waals surface area contributed by atoms with Gasteiger partial charge in [0.2, 0.25) is 0 Å². The number of aromatic nitrogens is 4. The Labute approximate surface area is 322 Å². The number of carboxylic acid groups (broad SMARTS) is 1. The zero-order valence-electron chi connectivity index (χ0n) is 28.3. The number of carbonyl (C=O) groups is 1. The molecule has 0 saturated heterocycles. The van der Waals surface area contributed by atoms with E-state index in [0.29, 0.717) is 0 Å². The minimum Gasteiger partial charge on any atom is -0.545 e. The van der Waals surface area contributed by atoms with Gasteiger partial charge in [-0.3, -0.25) is 0 Å². The molecule has 0 radical (unpaired) electrons. The number of aromatic carboxylic acids is 1. The number of nitrogens with zero attached hydrogens (tertiary/aromatic N) is 2. The van der Waals surface area contributed by atoms with Gasteiger partial charge in [0, 0.05) is 44.3 Å². The SMILES string of the molecule is O=C([O-])c1ccc(-c2c3nc(c(-c4ccccc4)c4ccc([nH]4)c(-c4ccccc4)c4nc(c(-c5ccccc5)c5ccc2[nH]5)C=C4)C=C3)cc1.[Na+]. The molecule has 0 spiro atoms. The predicted molar refractivity (Wildman–Crippen MR) is 205 cm³/mol. The van der Waals surface area contributed by atoms with Crippen molar-refractivity contribution in [2.24, 2.45) is 0 Å². The van der Waals surface area contributed by atoms with Crippen LogP contribution >= 0.6 is 0 Å². The average molecular weight is 681 g/mol. The van der Waals surface area contributed by atoms with E-state index in [-0.39, 0.29) is 35.1 Å². The third-order valence-electron chi connectivity index (χ3n) is 9.35. The van der Waals surface area contributed by atoms with Crippen molar-refractivity contribution in [2.45, 2.75) is 0 Å². The molecule has 0 saturated carbocycles. The van der Waals surface area contributed by atoms with Gasteiger partial charge >= 0.3 is 29.6 Å². The van der Waals surface area contributed by atoms with Gasteiger partial charge in [-0.2, -0.15) is 0 Å². The van der Waals surface area contributed by atoms with Crippen LogP contribution in [0.25, 0.3) is 90.9 Å². The Morgan fingerprint density at radius 3 is 0.981 bits per heavy atom. The maximum atomic E-state index is 11.6. The van der Waals surface area contributed by atoms with Crippen LogP contribution in [0.3, 0.4) is 0 Å². The Balaban J connectivity index is 0.00000387. The summed E-state index contributed by atoms with van der Waals surface area (Å²) in [5.41, 5.74) is 14.6. The number of fused-ring (bicyclic) bond motifs is 8. The van der Waals surface area contributed by atoms with Crippen molar-refractivity contribution < 1.29 is 39.5 Å². The van der Waals surface area contributed by atoms with Crippen LogP contribution < -0.4 is 34.7 Å². The van der Waals surface area contributed by atoms with Gasteiger partial charge in [-0.1, -0.05) is 115 Å². The summed E-state index contributed by atoms with van der Waals surface area (Å²) in [5, 5.41) is 11.6. The third-order valence-corrected chi connectivity index (χ3v) is 9.35. The first kappa shape index (κ1) is 33.1. The standard InChI is InChI=1S/C45H30N4O2.Na/c50-45(51)32-18-16-31(17-19-32)44-39-26-24-37(48-39)42(29-12-6-2-7-13-29)35-22-20-33(46-35)41(28-10-4-1-5-11-28)34-21-23-36(47-34)43(30-14-8-3-9-15-30)38-25-27-40(44)49-38;/h1-27,46,49H,(H,50,51);/q;+1/p-1.